The number of nitrogens with one attached hydrogen (secondary N) is 1. The van der Waals surface area contributed by atoms with Crippen LogP contribution in [-0.2, 0) is 0 Å². The second-order valence-electron chi connectivity index (χ2n) is 4.52. The first-order valence-electron chi connectivity index (χ1n) is 6.65. The first kappa shape index (κ1) is 13.4. The molecule has 3 rings (SSSR count). The molecule has 0 fully saturated rings. The van der Waals surface area contributed by atoms with Crippen LogP contribution >= 0.6 is 0 Å². The fourth-order valence-electron chi connectivity index (χ4n) is 2.13. The lowest BCUT2D eigenvalue weighted by molar-refractivity contribution is 0.311. The Morgan fingerprint density at radius 2 is 2.05 bits per heavy atom. The van der Waals surface area contributed by atoms with Crippen molar-refractivity contribution < 1.29 is 9.84 Å². The highest BCUT2D eigenvalue weighted by Gasteiger charge is 2.09. The molecule has 0 aliphatic carbocycles. The summed E-state index contributed by atoms with van der Waals surface area (Å²) in [5, 5.41) is 16.2. The minimum atomic E-state index is 0.0669. The molecule has 6 heteroatoms. The van der Waals surface area contributed by atoms with Crippen LogP contribution in [0.25, 0.3) is 16.8 Å². The molecule has 0 spiro atoms. The summed E-state index contributed by atoms with van der Waals surface area (Å²) in [7, 11) is 1.64. The summed E-state index contributed by atoms with van der Waals surface area (Å²) in [5.74, 6) is 1.53. The van der Waals surface area contributed by atoms with Crippen molar-refractivity contribution in [1.82, 2.24) is 14.6 Å². The molecule has 2 aromatic heterocycles. The van der Waals surface area contributed by atoms with Crippen molar-refractivity contribution >= 4 is 11.5 Å². The number of ether oxygens (including phenoxy) is 1. The molecule has 1 aromatic carbocycles. The number of aliphatic hydroxyl groups excluding tert-OH is 1. The van der Waals surface area contributed by atoms with E-state index in [0.29, 0.717) is 12.4 Å². The van der Waals surface area contributed by atoms with E-state index < -0.39 is 0 Å². The van der Waals surface area contributed by atoms with Gasteiger partial charge in [0.2, 0.25) is 0 Å². The van der Waals surface area contributed by atoms with Crippen LogP contribution in [0, 0.1) is 0 Å². The van der Waals surface area contributed by atoms with E-state index in [9.17, 15) is 0 Å². The monoisotopic (exact) mass is 284 g/mol. The van der Waals surface area contributed by atoms with E-state index in [0.717, 1.165) is 22.5 Å². The zero-order chi connectivity index (χ0) is 14.7. The van der Waals surface area contributed by atoms with Crippen LogP contribution < -0.4 is 10.1 Å². The maximum atomic E-state index is 8.86. The second kappa shape index (κ2) is 5.80. The number of benzene rings is 1. The molecule has 6 nitrogen and oxygen atoms in total. The van der Waals surface area contributed by atoms with Crippen LogP contribution in [0.3, 0.4) is 0 Å². The summed E-state index contributed by atoms with van der Waals surface area (Å²) >= 11 is 0. The van der Waals surface area contributed by atoms with E-state index >= 15 is 0 Å². The number of nitrogens with zero attached hydrogens (tertiary/aromatic N) is 3. The Morgan fingerprint density at radius 1 is 1.24 bits per heavy atom. The lowest BCUT2D eigenvalue weighted by Crippen LogP contribution is -2.07. The Labute approximate surface area is 122 Å². The number of aromatic nitrogens is 3. The van der Waals surface area contributed by atoms with Crippen molar-refractivity contribution in [3.8, 4) is 16.9 Å². The molecule has 108 valence electrons. The maximum Gasteiger partial charge on any atom is 0.165 e. The van der Waals surface area contributed by atoms with E-state index in [-0.39, 0.29) is 6.61 Å². The molecule has 0 unspecified atom stereocenters. The third kappa shape index (κ3) is 2.66. The summed E-state index contributed by atoms with van der Waals surface area (Å²) in [6, 6.07) is 9.60. The standard InChI is InChI=1S/C15H16N4O2/c1-21-12-4-2-11(3-5-12)13-10-17-19-8-6-14(16-7-9-20)18-15(13)19/h2-6,8,10,20H,7,9H2,1H3,(H,16,18). The molecule has 0 aliphatic rings. The third-order valence-electron chi connectivity index (χ3n) is 3.19. The topological polar surface area (TPSA) is 71.7 Å². The van der Waals surface area contributed by atoms with E-state index in [4.69, 9.17) is 9.84 Å². The second-order valence-corrected chi connectivity index (χ2v) is 4.52. The van der Waals surface area contributed by atoms with Crippen LogP contribution in [0.15, 0.2) is 42.7 Å². The Bertz CT molecular complexity index is 737. The van der Waals surface area contributed by atoms with Crippen molar-refractivity contribution in [2.45, 2.75) is 0 Å². The highest BCUT2D eigenvalue weighted by Crippen LogP contribution is 2.25. The zero-order valence-electron chi connectivity index (χ0n) is 11.7. The fraction of sp³-hybridized carbons (Fsp3) is 0.200. The smallest absolute Gasteiger partial charge is 0.165 e. The van der Waals surface area contributed by atoms with Crippen LogP contribution in [-0.4, -0.2) is 40.0 Å². The predicted octanol–water partition coefficient (Wildman–Crippen LogP) is 1.81. The normalized spacial score (nSPS) is 10.8. The Hall–Kier alpha value is -2.60. The van der Waals surface area contributed by atoms with Gasteiger partial charge >= 0.3 is 0 Å². The quantitative estimate of drug-likeness (QED) is 0.747. The maximum absolute atomic E-state index is 8.86. The number of methoxy groups -OCH3 is 1. The van der Waals surface area contributed by atoms with Crippen molar-refractivity contribution in [3.63, 3.8) is 0 Å². The highest BCUT2D eigenvalue weighted by atomic mass is 16.5. The molecular formula is C15H16N4O2. The predicted molar refractivity (Wildman–Crippen MR) is 80.6 cm³/mol. The van der Waals surface area contributed by atoms with E-state index in [1.807, 2.05) is 36.5 Å². The summed E-state index contributed by atoms with van der Waals surface area (Å²) in [5.41, 5.74) is 2.74. The van der Waals surface area contributed by atoms with Gasteiger partial charge in [-0.2, -0.15) is 5.10 Å². The number of fused-ring (bicyclic) bond motifs is 1. The molecule has 0 aliphatic heterocycles. The van der Waals surface area contributed by atoms with Gasteiger partial charge in [0.25, 0.3) is 0 Å². The van der Waals surface area contributed by atoms with Crippen LogP contribution in [0.4, 0.5) is 5.82 Å². The van der Waals surface area contributed by atoms with E-state index in [2.05, 4.69) is 15.4 Å². The Balaban J connectivity index is 2.00. The first-order valence-corrected chi connectivity index (χ1v) is 6.65. The van der Waals surface area contributed by atoms with Gasteiger partial charge in [0, 0.05) is 18.3 Å². The zero-order valence-corrected chi connectivity index (χ0v) is 11.7. The van der Waals surface area contributed by atoms with Gasteiger partial charge in [-0.15, -0.1) is 0 Å². The SMILES string of the molecule is COc1ccc(-c2cnn3ccc(NCCO)nc23)cc1. The van der Waals surface area contributed by atoms with Crippen molar-refractivity contribution in [2.24, 2.45) is 0 Å². The number of aliphatic hydroxyl groups is 1. The molecular weight excluding hydrogens is 268 g/mol. The summed E-state index contributed by atoms with van der Waals surface area (Å²) in [4.78, 5) is 4.54. The number of hydrogen-bond donors (Lipinski definition) is 2. The molecule has 3 aromatic rings. The molecule has 21 heavy (non-hydrogen) atoms. The highest BCUT2D eigenvalue weighted by molar-refractivity contribution is 5.77. The minimum Gasteiger partial charge on any atom is -0.497 e. The van der Waals surface area contributed by atoms with Gasteiger partial charge < -0.3 is 15.2 Å². The average Bonchev–Trinajstić information content (AvgIpc) is 2.96. The lowest BCUT2D eigenvalue weighted by atomic mass is 10.1. The van der Waals surface area contributed by atoms with Crippen LogP contribution in [0.1, 0.15) is 0 Å². The molecule has 2 N–H and O–H groups in total. The molecule has 0 bridgehead atoms. The fourth-order valence-corrected chi connectivity index (χ4v) is 2.13. The summed E-state index contributed by atoms with van der Waals surface area (Å²) in [6.07, 6.45) is 3.63. The first-order chi connectivity index (χ1) is 10.3. The van der Waals surface area contributed by atoms with Gasteiger partial charge in [-0.25, -0.2) is 9.50 Å². The average molecular weight is 284 g/mol. The van der Waals surface area contributed by atoms with E-state index in [1.165, 1.54) is 0 Å². The van der Waals surface area contributed by atoms with Gasteiger partial charge in [0.1, 0.15) is 11.6 Å². The van der Waals surface area contributed by atoms with Crippen molar-refractivity contribution in [1.29, 1.82) is 0 Å². The van der Waals surface area contributed by atoms with Crippen LogP contribution in [0.2, 0.25) is 0 Å². The van der Waals surface area contributed by atoms with Gasteiger partial charge in [0.05, 0.1) is 19.9 Å². The Kier molecular flexibility index (Phi) is 3.70. The minimum absolute atomic E-state index is 0.0669. The molecule has 0 saturated carbocycles. The molecule has 0 atom stereocenters. The molecule has 0 radical (unpaired) electrons. The third-order valence-corrected chi connectivity index (χ3v) is 3.19. The van der Waals surface area contributed by atoms with Gasteiger partial charge in [-0.05, 0) is 23.8 Å². The number of anilines is 1. The van der Waals surface area contributed by atoms with Crippen molar-refractivity contribution in [3.05, 3.63) is 42.7 Å². The van der Waals surface area contributed by atoms with E-state index in [1.54, 1.807) is 17.8 Å². The van der Waals surface area contributed by atoms with Gasteiger partial charge in [-0.3, -0.25) is 0 Å². The van der Waals surface area contributed by atoms with Crippen LogP contribution in [0.5, 0.6) is 5.75 Å². The Morgan fingerprint density at radius 3 is 2.76 bits per heavy atom. The number of rotatable bonds is 5. The van der Waals surface area contributed by atoms with Gasteiger partial charge in [0.15, 0.2) is 5.65 Å². The molecule has 0 saturated heterocycles. The van der Waals surface area contributed by atoms with Gasteiger partial charge in [-0.1, -0.05) is 12.1 Å². The number of hydrogen-bond acceptors (Lipinski definition) is 5. The largest absolute Gasteiger partial charge is 0.497 e. The lowest BCUT2D eigenvalue weighted by Gasteiger charge is -2.05. The molecule has 0 amide bonds. The summed E-state index contributed by atoms with van der Waals surface area (Å²) < 4.78 is 6.89. The summed E-state index contributed by atoms with van der Waals surface area (Å²) in [6.45, 7) is 0.534. The molecule has 2 heterocycles. The van der Waals surface area contributed by atoms with Crippen molar-refractivity contribution in [2.75, 3.05) is 25.6 Å².